The van der Waals surface area contributed by atoms with Crippen LogP contribution in [-0.4, -0.2) is 83.2 Å². The number of aliphatic hydroxyl groups excluding tert-OH is 3. The molecule has 156 valence electrons. The lowest BCUT2D eigenvalue weighted by Crippen LogP contribution is -2.55. The number of amides is 2. The number of nitrogens with one attached hydrogen (secondary N) is 1. The van der Waals surface area contributed by atoms with Crippen molar-refractivity contribution in [3.05, 3.63) is 12.2 Å². The molecule has 6 atom stereocenters. The van der Waals surface area contributed by atoms with Crippen molar-refractivity contribution >= 4 is 11.8 Å². The molecule has 8 heteroatoms. The number of ether oxygens (including phenoxy) is 1. The molecule has 0 radical (unpaired) electrons. The van der Waals surface area contributed by atoms with E-state index >= 15 is 0 Å². The third-order valence-corrected chi connectivity index (χ3v) is 5.03. The van der Waals surface area contributed by atoms with Crippen LogP contribution in [0.15, 0.2) is 12.2 Å². The zero-order valence-corrected chi connectivity index (χ0v) is 16.7. The topological polar surface area (TPSA) is 119 Å². The molecule has 1 fully saturated rings. The van der Waals surface area contributed by atoms with Crippen LogP contribution in [0.5, 0.6) is 0 Å². The van der Waals surface area contributed by atoms with Gasteiger partial charge in [-0.3, -0.25) is 9.59 Å². The van der Waals surface area contributed by atoms with E-state index in [2.05, 4.69) is 5.32 Å². The second-order valence-corrected chi connectivity index (χ2v) is 7.22. The summed E-state index contributed by atoms with van der Waals surface area (Å²) in [4.78, 5) is 26.4. The number of carbonyl (C=O) groups excluding carboxylic acids is 2. The molecule has 1 heterocycles. The van der Waals surface area contributed by atoms with Crippen molar-refractivity contribution in [3.8, 4) is 0 Å². The minimum absolute atomic E-state index is 0.192. The van der Waals surface area contributed by atoms with Gasteiger partial charge in [-0.05, 0) is 25.2 Å². The predicted molar refractivity (Wildman–Crippen MR) is 101 cm³/mol. The highest BCUT2D eigenvalue weighted by Crippen LogP contribution is 2.14. The summed E-state index contributed by atoms with van der Waals surface area (Å²) in [5, 5.41) is 33.1. The molecule has 1 rings (SSSR count). The van der Waals surface area contributed by atoms with Gasteiger partial charge in [-0.2, -0.15) is 0 Å². The summed E-state index contributed by atoms with van der Waals surface area (Å²) in [7, 11) is 2.90. The van der Waals surface area contributed by atoms with Crippen LogP contribution in [0.2, 0.25) is 0 Å². The van der Waals surface area contributed by atoms with Gasteiger partial charge in [-0.15, -0.1) is 0 Å². The summed E-state index contributed by atoms with van der Waals surface area (Å²) >= 11 is 0. The van der Waals surface area contributed by atoms with E-state index in [1.165, 1.54) is 13.2 Å². The number of aliphatic hydroxyl groups is 3. The van der Waals surface area contributed by atoms with E-state index in [-0.39, 0.29) is 11.8 Å². The maximum atomic E-state index is 12.5. The van der Waals surface area contributed by atoms with E-state index in [9.17, 15) is 24.9 Å². The number of rotatable bonds is 9. The van der Waals surface area contributed by atoms with Gasteiger partial charge in [-0.25, -0.2) is 0 Å². The summed E-state index contributed by atoms with van der Waals surface area (Å²) in [5.41, 5.74) is 0. The molecule has 0 aliphatic carbocycles. The van der Waals surface area contributed by atoms with Crippen LogP contribution in [0.3, 0.4) is 0 Å². The Hall–Kier alpha value is -1.48. The zero-order valence-electron chi connectivity index (χ0n) is 16.7. The smallest absolute Gasteiger partial charge is 0.252 e. The van der Waals surface area contributed by atoms with Crippen LogP contribution in [0.1, 0.15) is 39.5 Å². The van der Waals surface area contributed by atoms with Gasteiger partial charge < -0.3 is 30.3 Å². The fourth-order valence-electron chi connectivity index (χ4n) is 2.92. The standard InChI is InChI=1S/C19H34N2O6/c1-5-12(2)9-10-14(22)15(23)16(24)17(27-4)18(25)20-13-8-6-7-11-21(3)19(13)26/h9-10,12-17,22-24H,5-8,11H2,1-4H3,(H,20,25)/b10-9+/t12-,13-,14+,15-,16+,17+/m0/s1. The van der Waals surface area contributed by atoms with Crippen molar-refractivity contribution in [1.29, 1.82) is 0 Å². The molecule has 0 saturated carbocycles. The van der Waals surface area contributed by atoms with Crippen molar-refractivity contribution in [2.24, 2.45) is 5.92 Å². The maximum absolute atomic E-state index is 12.5. The lowest BCUT2D eigenvalue weighted by Gasteiger charge is -2.28. The lowest BCUT2D eigenvalue weighted by molar-refractivity contribution is -0.151. The molecule has 0 unspecified atom stereocenters. The second-order valence-electron chi connectivity index (χ2n) is 7.22. The Kier molecular flexibility index (Phi) is 9.93. The minimum atomic E-state index is -1.65. The quantitative estimate of drug-likeness (QED) is 0.408. The fraction of sp³-hybridized carbons (Fsp3) is 0.789. The lowest BCUT2D eigenvalue weighted by atomic mass is 9.99. The predicted octanol–water partition coefficient (Wildman–Crippen LogP) is -0.186. The van der Waals surface area contributed by atoms with Crippen molar-refractivity contribution in [1.82, 2.24) is 10.2 Å². The van der Waals surface area contributed by atoms with Crippen LogP contribution in [0.25, 0.3) is 0 Å². The monoisotopic (exact) mass is 386 g/mol. The zero-order chi connectivity index (χ0) is 20.6. The highest BCUT2D eigenvalue weighted by Gasteiger charge is 2.37. The Morgan fingerprint density at radius 2 is 1.96 bits per heavy atom. The first-order valence-corrected chi connectivity index (χ1v) is 9.53. The van der Waals surface area contributed by atoms with Crippen molar-refractivity contribution in [3.63, 3.8) is 0 Å². The van der Waals surface area contributed by atoms with E-state index in [1.54, 1.807) is 18.0 Å². The molecule has 0 aromatic rings. The van der Waals surface area contributed by atoms with Crippen LogP contribution >= 0.6 is 0 Å². The number of allylic oxidation sites excluding steroid dienone is 1. The number of methoxy groups -OCH3 is 1. The number of hydrogen-bond acceptors (Lipinski definition) is 6. The molecule has 0 aromatic carbocycles. The number of nitrogens with zero attached hydrogens (tertiary/aromatic N) is 1. The van der Waals surface area contributed by atoms with Crippen molar-refractivity contribution < 1.29 is 29.6 Å². The van der Waals surface area contributed by atoms with Crippen molar-refractivity contribution in [2.45, 2.75) is 70.0 Å². The van der Waals surface area contributed by atoms with Crippen LogP contribution < -0.4 is 5.32 Å². The number of carbonyl (C=O) groups is 2. The Morgan fingerprint density at radius 1 is 1.30 bits per heavy atom. The van der Waals surface area contributed by atoms with E-state index in [0.29, 0.717) is 13.0 Å². The highest BCUT2D eigenvalue weighted by atomic mass is 16.5. The third kappa shape index (κ3) is 6.88. The Morgan fingerprint density at radius 3 is 2.56 bits per heavy atom. The average molecular weight is 386 g/mol. The molecule has 1 saturated heterocycles. The Bertz CT molecular complexity index is 512. The molecule has 0 bridgehead atoms. The van der Waals surface area contributed by atoms with Crippen molar-refractivity contribution in [2.75, 3.05) is 20.7 Å². The summed E-state index contributed by atoms with van der Waals surface area (Å²) in [6.45, 7) is 4.58. The van der Waals surface area contributed by atoms with Crippen LogP contribution in [0, 0.1) is 5.92 Å². The first-order chi connectivity index (χ1) is 12.7. The first kappa shape index (κ1) is 23.6. The van der Waals surface area contributed by atoms with Gasteiger partial charge in [0.25, 0.3) is 5.91 Å². The summed E-state index contributed by atoms with van der Waals surface area (Å²) in [6.07, 6.45) is 0.163. The molecule has 8 nitrogen and oxygen atoms in total. The summed E-state index contributed by atoms with van der Waals surface area (Å²) in [6, 6.07) is -0.692. The molecular formula is C19H34N2O6. The highest BCUT2D eigenvalue weighted by molar-refractivity contribution is 5.89. The molecule has 1 aliphatic heterocycles. The van der Waals surface area contributed by atoms with Gasteiger partial charge in [-0.1, -0.05) is 32.4 Å². The largest absolute Gasteiger partial charge is 0.387 e. The second kappa shape index (κ2) is 11.4. The van der Waals surface area contributed by atoms with Crippen LogP contribution in [0.4, 0.5) is 0 Å². The number of likely N-dealkylation sites (N-methyl/N-ethyl adjacent to an activating group) is 1. The average Bonchev–Trinajstić information content (AvgIpc) is 2.81. The van der Waals surface area contributed by atoms with E-state index < -0.39 is 36.4 Å². The third-order valence-electron chi connectivity index (χ3n) is 5.03. The molecule has 2 amide bonds. The Balaban J connectivity index is 2.75. The fourth-order valence-corrected chi connectivity index (χ4v) is 2.92. The molecule has 0 spiro atoms. The number of likely N-dealkylation sites (tertiary alicyclic amines) is 1. The van der Waals surface area contributed by atoms with Crippen LogP contribution in [-0.2, 0) is 14.3 Å². The van der Waals surface area contributed by atoms with E-state index in [1.807, 2.05) is 13.8 Å². The number of hydrogen-bond donors (Lipinski definition) is 4. The molecule has 1 aliphatic rings. The van der Waals surface area contributed by atoms with E-state index in [0.717, 1.165) is 19.3 Å². The maximum Gasteiger partial charge on any atom is 0.252 e. The van der Waals surface area contributed by atoms with Gasteiger partial charge in [0.05, 0.1) is 0 Å². The normalized spacial score (nSPS) is 24.2. The SMILES string of the molecule is CC[C@H](C)/C=C/[C@@H](O)[C@H](O)[C@@H](O)[C@@H](OC)C(=O)N[C@H]1CCCCN(C)C1=O. The molecule has 27 heavy (non-hydrogen) atoms. The minimum Gasteiger partial charge on any atom is -0.387 e. The summed E-state index contributed by atoms with van der Waals surface area (Å²) < 4.78 is 5.04. The van der Waals surface area contributed by atoms with Gasteiger partial charge in [0.15, 0.2) is 6.10 Å². The van der Waals surface area contributed by atoms with E-state index in [4.69, 9.17) is 4.74 Å². The molecular weight excluding hydrogens is 352 g/mol. The van der Waals surface area contributed by atoms with Gasteiger partial charge in [0.1, 0.15) is 24.4 Å². The molecule has 0 aromatic heterocycles. The van der Waals surface area contributed by atoms with Gasteiger partial charge in [0.2, 0.25) is 5.91 Å². The summed E-state index contributed by atoms with van der Waals surface area (Å²) in [5.74, 6) is -0.679. The van der Waals surface area contributed by atoms with Gasteiger partial charge in [0, 0.05) is 20.7 Å². The Labute approximate surface area is 161 Å². The molecule has 4 N–H and O–H groups in total. The first-order valence-electron chi connectivity index (χ1n) is 9.53. The van der Waals surface area contributed by atoms with Gasteiger partial charge >= 0.3 is 0 Å².